The first-order valence-corrected chi connectivity index (χ1v) is 8.49. The number of rotatable bonds is 6. The summed E-state index contributed by atoms with van der Waals surface area (Å²) in [6.45, 7) is 0. The average Bonchev–Trinajstić information content (AvgIpc) is 3.04. The van der Waals surface area contributed by atoms with Gasteiger partial charge < -0.3 is 10.4 Å². The van der Waals surface area contributed by atoms with Gasteiger partial charge in [0.15, 0.2) is 5.78 Å². The highest BCUT2D eigenvalue weighted by Gasteiger charge is 2.12. The van der Waals surface area contributed by atoms with Crippen LogP contribution in [0.3, 0.4) is 0 Å². The summed E-state index contributed by atoms with van der Waals surface area (Å²) in [6, 6.07) is 16.1. The van der Waals surface area contributed by atoms with E-state index in [0.717, 1.165) is 10.1 Å². The summed E-state index contributed by atoms with van der Waals surface area (Å²) >= 11 is 1.42. The molecule has 6 heteroatoms. The van der Waals surface area contributed by atoms with Crippen LogP contribution < -0.4 is 5.32 Å². The molecule has 25 heavy (non-hydrogen) atoms. The number of carboxylic acid groups (broad SMARTS) is 1. The second-order valence-corrected chi connectivity index (χ2v) is 6.58. The number of hydrogen-bond donors (Lipinski definition) is 2. The molecule has 2 aromatic carbocycles. The molecule has 0 aliphatic heterocycles. The van der Waals surface area contributed by atoms with E-state index in [4.69, 9.17) is 5.11 Å². The largest absolute Gasteiger partial charge is 0.481 e. The molecule has 0 bridgehead atoms. The number of carboxylic acids is 1. The van der Waals surface area contributed by atoms with Gasteiger partial charge in [-0.05, 0) is 41.8 Å². The Morgan fingerprint density at radius 3 is 2.36 bits per heavy atom. The van der Waals surface area contributed by atoms with Gasteiger partial charge >= 0.3 is 5.97 Å². The van der Waals surface area contributed by atoms with Crippen LogP contribution in [-0.2, 0) is 4.79 Å². The normalized spacial score (nSPS) is 10.6. The summed E-state index contributed by atoms with van der Waals surface area (Å²) in [5.41, 5.74) is 1.01. The Morgan fingerprint density at radius 1 is 0.960 bits per heavy atom. The van der Waals surface area contributed by atoms with Crippen molar-refractivity contribution in [2.45, 2.75) is 12.8 Å². The van der Waals surface area contributed by atoms with Gasteiger partial charge in [0.25, 0.3) is 5.91 Å². The Hall–Kier alpha value is -2.99. The highest BCUT2D eigenvalue weighted by Crippen LogP contribution is 2.26. The minimum Gasteiger partial charge on any atom is -0.481 e. The fourth-order valence-electron chi connectivity index (χ4n) is 2.39. The van der Waals surface area contributed by atoms with E-state index in [1.54, 1.807) is 24.3 Å². The maximum Gasteiger partial charge on any atom is 0.303 e. The summed E-state index contributed by atoms with van der Waals surface area (Å²) in [7, 11) is 0. The minimum absolute atomic E-state index is 0.0389. The van der Waals surface area contributed by atoms with E-state index in [0.29, 0.717) is 16.1 Å². The van der Waals surface area contributed by atoms with E-state index in [1.807, 2.05) is 30.3 Å². The number of carbonyl (C=O) groups excluding carboxylic acids is 2. The lowest BCUT2D eigenvalue weighted by atomic mass is 10.1. The molecule has 3 aromatic rings. The molecule has 2 N–H and O–H groups in total. The lowest BCUT2D eigenvalue weighted by Crippen LogP contribution is -2.10. The zero-order valence-electron chi connectivity index (χ0n) is 13.2. The molecule has 5 nitrogen and oxygen atoms in total. The van der Waals surface area contributed by atoms with Gasteiger partial charge in [0.1, 0.15) is 0 Å². The number of amides is 1. The van der Waals surface area contributed by atoms with Crippen molar-refractivity contribution in [3.05, 3.63) is 65.0 Å². The molecule has 0 radical (unpaired) electrons. The summed E-state index contributed by atoms with van der Waals surface area (Å²) in [5.74, 6) is -1.43. The first-order chi connectivity index (χ1) is 12.0. The number of fused-ring (bicyclic) bond motifs is 1. The number of hydrogen-bond acceptors (Lipinski definition) is 4. The van der Waals surface area contributed by atoms with Crippen molar-refractivity contribution in [1.82, 2.24) is 0 Å². The molecular formula is C19H15NO4S. The number of ketones is 1. The maximum absolute atomic E-state index is 12.3. The van der Waals surface area contributed by atoms with E-state index >= 15 is 0 Å². The molecule has 3 rings (SSSR count). The van der Waals surface area contributed by atoms with Gasteiger partial charge in [0, 0.05) is 22.4 Å². The Morgan fingerprint density at radius 2 is 1.68 bits per heavy atom. The molecule has 1 aromatic heterocycles. The van der Waals surface area contributed by atoms with Gasteiger partial charge in [0.2, 0.25) is 0 Å². The zero-order valence-corrected chi connectivity index (χ0v) is 14.0. The maximum atomic E-state index is 12.3. The monoisotopic (exact) mass is 353 g/mol. The smallest absolute Gasteiger partial charge is 0.303 e. The number of anilines is 1. The highest BCUT2D eigenvalue weighted by atomic mass is 32.1. The number of thiophene rings is 1. The van der Waals surface area contributed by atoms with Crippen LogP contribution in [0.4, 0.5) is 5.69 Å². The number of nitrogens with one attached hydrogen (secondary N) is 1. The van der Waals surface area contributed by atoms with Gasteiger partial charge in [-0.25, -0.2) is 0 Å². The third-order valence-electron chi connectivity index (χ3n) is 3.68. The van der Waals surface area contributed by atoms with E-state index in [1.165, 1.54) is 11.3 Å². The van der Waals surface area contributed by atoms with Crippen LogP contribution in [-0.4, -0.2) is 22.8 Å². The number of benzene rings is 2. The second-order valence-electron chi connectivity index (χ2n) is 5.50. The van der Waals surface area contributed by atoms with Crippen LogP contribution in [0.15, 0.2) is 54.6 Å². The molecule has 126 valence electrons. The van der Waals surface area contributed by atoms with Crippen LogP contribution in [0.2, 0.25) is 0 Å². The summed E-state index contributed by atoms with van der Waals surface area (Å²) in [5, 5.41) is 12.4. The van der Waals surface area contributed by atoms with Crippen molar-refractivity contribution in [1.29, 1.82) is 0 Å². The van der Waals surface area contributed by atoms with Crippen molar-refractivity contribution in [3.8, 4) is 0 Å². The average molecular weight is 353 g/mol. The standard InChI is InChI=1S/C19H15NO4S/c21-15(9-10-18(22)23)12-5-7-14(8-6-12)20-19(24)17-11-13-3-1-2-4-16(13)25-17/h1-8,11H,9-10H2,(H,20,24)(H,22,23). The Labute approximate surface area is 147 Å². The minimum atomic E-state index is -0.999. The fraction of sp³-hybridized carbons (Fsp3) is 0.105. The lowest BCUT2D eigenvalue weighted by Gasteiger charge is -2.05. The third-order valence-corrected chi connectivity index (χ3v) is 4.79. The van der Waals surface area contributed by atoms with Crippen molar-refractivity contribution < 1.29 is 19.5 Å². The summed E-state index contributed by atoms with van der Waals surface area (Å²) < 4.78 is 1.05. The molecule has 0 saturated heterocycles. The zero-order chi connectivity index (χ0) is 17.8. The molecular weight excluding hydrogens is 338 g/mol. The van der Waals surface area contributed by atoms with Crippen molar-refractivity contribution in [2.75, 3.05) is 5.32 Å². The predicted octanol–water partition coefficient (Wildman–Crippen LogP) is 4.20. The van der Waals surface area contributed by atoms with E-state index < -0.39 is 5.97 Å². The van der Waals surface area contributed by atoms with Gasteiger partial charge in [-0.3, -0.25) is 14.4 Å². The molecule has 0 atom stereocenters. The van der Waals surface area contributed by atoms with Gasteiger partial charge in [-0.2, -0.15) is 0 Å². The first kappa shape index (κ1) is 16.9. The third kappa shape index (κ3) is 4.10. The Balaban J connectivity index is 1.67. The van der Waals surface area contributed by atoms with Crippen LogP contribution in [0.25, 0.3) is 10.1 Å². The second kappa shape index (κ2) is 7.27. The van der Waals surface area contributed by atoms with Gasteiger partial charge in [-0.15, -0.1) is 11.3 Å². The Bertz CT molecular complexity index is 910. The molecule has 1 amide bonds. The quantitative estimate of drug-likeness (QED) is 0.651. The molecule has 0 saturated carbocycles. The number of carbonyl (C=O) groups is 3. The fourth-order valence-corrected chi connectivity index (χ4v) is 3.35. The SMILES string of the molecule is O=C(O)CCC(=O)c1ccc(NC(=O)c2cc3ccccc3s2)cc1. The molecule has 0 spiro atoms. The van der Waals surface area contributed by atoms with Crippen molar-refractivity contribution in [3.63, 3.8) is 0 Å². The predicted molar refractivity (Wildman–Crippen MR) is 97.4 cm³/mol. The van der Waals surface area contributed by atoms with Crippen LogP contribution in [0.1, 0.15) is 32.9 Å². The van der Waals surface area contributed by atoms with Gasteiger partial charge in [0.05, 0.1) is 11.3 Å². The molecule has 0 fully saturated rings. The Kier molecular flexibility index (Phi) is 4.90. The number of Topliss-reactive ketones (excluding diaryl/α,β-unsaturated/α-hetero) is 1. The van der Waals surface area contributed by atoms with E-state index in [9.17, 15) is 14.4 Å². The summed E-state index contributed by atoms with van der Waals surface area (Å²) in [4.78, 5) is 35.3. The van der Waals surface area contributed by atoms with E-state index in [-0.39, 0.29) is 24.5 Å². The van der Waals surface area contributed by atoms with Crippen LogP contribution in [0, 0.1) is 0 Å². The van der Waals surface area contributed by atoms with Crippen molar-refractivity contribution >= 4 is 44.8 Å². The topological polar surface area (TPSA) is 83.5 Å². The van der Waals surface area contributed by atoms with E-state index in [2.05, 4.69) is 5.32 Å². The van der Waals surface area contributed by atoms with Crippen LogP contribution in [0.5, 0.6) is 0 Å². The summed E-state index contributed by atoms with van der Waals surface area (Å²) in [6.07, 6.45) is -0.230. The highest BCUT2D eigenvalue weighted by molar-refractivity contribution is 7.20. The van der Waals surface area contributed by atoms with Crippen LogP contribution >= 0.6 is 11.3 Å². The number of aliphatic carboxylic acids is 1. The molecule has 1 heterocycles. The molecule has 0 aliphatic rings. The first-order valence-electron chi connectivity index (χ1n) is 7.68. The van der Waals surface area contributed by atoms with Gasteiger partial charge in [-0.1, -0.05) is 18.2 Å². The van der Waals surface area contributed by atoms with Crippen molar-refractivity contribution in [2.24, 2.45) is 0 Å². The molecule has 0 aliphatic carbocycles. The molecule has 0 unspecified atom stereocenters. The lowest BCUT2D eigenvalue weighted by molar-refractivity contribution is -0.136.